The minimum Gasteiger partial charge on any atom is -0.463 e. The van der Waals surface area contributed by atoms with Crippen LogP contribution in [-0.2, 0) is 33.3 Å². The van der Waals surface area contributed by atoms with Crippen molar-refractivity contribution in [3.63, 3.8) is 0 Å². The molecule has 1 amide bonds. The second-order valence-electron chi connectivity index (χ2n) is 10.1. The molecule has 4 N–H and O–H groups in total. The predicted molar refractivity (Wildman–Crippen MR) is 156 cm³/mol. The van der Waals surface area contributed by atoms with Crippen LogP contribution in [0.5, 0.6) is 0 Å². The number of hydrogen-bond acceptors (Lipinski definition) is 14. The third kappa shape index (κ3) is 8.72. The summed E-state index contributed by atoms with van der Waals surface area (Å²) in [5.41, 5.74) is 12.3. The number of aryl methyl sites for hydroxylation is 1. The summed E-state index contributed by atoms with van der Waals surface area (Å²) in [4.78, 5) is 81.7. The topological polar surface area (TPSA) is 265 Å². The number of anilines is 1. The van der Waals surface area contributed by atoms with Crippen molar-refractivity contribution >= 4 is 35.4 Å². The van der Waals surface area contributed by atoms with Gasteiger partial charge in [0, 0.05) is 48.4 Å². The first-order valence-electron chi connectivity index (χ1n) is 13.7. The van der Waals surface area contributed by atoms with Crippen LogP contribution in [0.25, 0.3) is 10.4 Å². The molecular formula is C25H31N9O10S. The number of hydrogen-bond donors (Lipinski definition) is 3. The second-order valence-corrected chi connectivity index (χ2v) is 11.3. The molecule has 6 atom stereocenters. The molecular weight excluding hydrogens is 618 g/mol. The van der Waals surface area contributed by atoms with Crippen LogP contribution in [0.4, 0.5) is 5.82 Å². The van der Waals surface area contributed by atoms with Crippen LogP contribution in [-0.4, -0.2) is 79.5 Å². The maximum absolute atomic E-state index is 12.8. The van der Waals surface area contributed by atoms with E-state index < -0.39 is 70.9 Å². The van der Waals surface area contributed by atoms with E-state index >= 15 is 0 Å². The lowest BCUT2D eigenvalue weighted by molar-refractivity contribution is -0.152. The van der Waals surface area contributed by atoms with Gasteiger partial charge < -0.3 is 30.0 Å². The first kappa shape index (κ1) is 33.2. The van der Waals surface area contributed by atoms with E-state index in [1.807, 2.05) is 0 Å². The Labute approximate surface area is 258 Å². The van der Waals surface area contributed by atoms with E-state index in [4.69, 9.17) is 30.2 Å². The predicted octanol–water partition coefficient (Wildman–Crippen LogP) is -0.390. The van der Waals surface area contributed by atoms with E-state index in [0.717, 1.165) is 4.57 Å². The molecule has 0 aromatic carbocycles. The first-order chi connectivity index (χ1) is 21.4. The lowest BCUT2D eigenvalue weighted by atomic mass is 10.1. The molecule has 242 valence electrons. The number of azide groups is 1. The molecule has 2 fully saturated rings. The summed E-state index contributed by atoms with van der Waals surface area (Å²) in [5, 5.41) is 6.12. The molecule has 2 aromatic rings. The van der Waals surface area contributed by atoms with Gasteiger partial charge in [-0.25, -0.2) is 14.4 Å². The number of H-pyrrole nitrogens is 1. The number of esters is 2. The Bertz CT molecular complexity index is 1650. The van der Waals surface area contributed by atoms with Crippen molar-refractivity contribution in [3.8, 4) is 0 Å². The van der Waals surface area contributed by atoms with Gasteiger partial charge in [0.2, 0.25) is 5.91 Å². The van der Waals surface area contributed by atoms with Crippen molar-refractivity contribution in [1.82, 2.24) is 24.4 Å². The number of aromatic nitrogens is 4. The van der Waals surface area contributed by atoms with Gasteiger partial charge in [0.05, 0.1) is 6.04 Å². The Hall–Kier alpha value is -4.65. The van der Waals surface area contributed by atoms with Crippen LogP contribution in [0.1, 0.15) is 44.2 Å². The maximum atomic E-state index is 12.8. The van der Waals surface area contributed by atoms with Crippen molar-refractivity contribution in [2.45, 2.75) is 69.2 Å². The summed E-state index contributed by atoms with van der Waals surface area (Å²) in [6.07, 6.45) is 0.0215. The van der Waals surface area contributed by atoms with Crippen LogP contribution >= 0.6 is 11.8 Å². The summed E-state index contributed by atoms with van der Waals surface area (Å²) in [5.74, 6) is -1.59. The van der Waals surface area contributed by atoms with Gasteiger partial charge in [-0.1, -0.05) is 5.11 Å². The average molecular weight is 650 g/mol. The van der Waals surface area contributed by atoms with Crippen molar-refractivity contribution in [2.75, 3.05) is 24.7 Å². The molecule has 19 nitrogen and oxygen atoms in total. The van der Waals surface area contributed by atoms with E-state index in [1.54, 1.807) is 0 Å². The standard InChI is InChI=1S/C25H31N9O10S/c1-12-8-34(25(40)30-22(12)37)18-7-15(31-32-27)16(43-18)9-41-20(36)4-3-14(28-13(2)35)23(38)42-10-21-44-19(11-45-21)33-6-5-17(26)29-24(33)39/h5-6,8,14-16,18-19,21H,3-4,7,9-11H2,1-2H3,(H,28,35)(H2,26,29,39)(H,30,37,40)/t14?,15-,16+,18+,19-,21+/m0/s1. The summed E-state index contributed by atoms with van der Waals surface area (Å²) >= 11 is 1.31. The Morgan fingerprint density at radius 2 is 2.02 bits per heavy atom. The zero-order valence-corrected chi connectivity index (χ0v) is 25.0. The highest BCUT2D eigenvalue weighted by Crippen LogP contribution is 2.32. The largest absolute Gasteiger partial charge is 0.463 e. The molecule has 4 heterocycles. The zero-order valence-electron chi connectivity index (χ0n) is 24.2. The molecule has 2 aliphatic heterocycles. The van der Waals surface area contributed by atoms with Crippen LogP contribution < -0.4 is 28.0 Å². The fourth-order valence-electron chi connectivity index (χ4n) is 4.60. The third-order valence-electron chi connectivity index (χ3n) is 6.82. The minimum atomic E-state index is -1.17. The molecule has 2 saturated heterocycles. The number of rotatable bonds is 12. The van der Waals surface area contributed by atoms with Gasteiger partial charge in [-0.3, -0.25) is 28.5 Å². The van der Waals surface area contributed by atoms with Crippen molar-refractivity contribution < 1.29 is 33.3 Å². The van der Waals surface area contributed by atoms with E-state index in [9.17, 15) is 28.8 Å². The highest BCUT2D eigenvalue weighted by molar-refractivity contribution is 8.00. The highest BCUT2D eigenvalue weighted by atomic mass is 32.2. The van der Waals surface area contributed by atoms with Crippen LogP contribution in [0.3, 0.4) is 0 Å². The fourth-order valence-corrected chi connectivity index (χ4v) is 5.59. The third-order valence-corrected chi connectivity index (χ3v) is 7.92. The average Bonchev–Trinajstić information content (AvgIpc) is 3.62. The smallest absolute Gasteiger partial charge is 0.351 e. The Morgan fingerprint density at radius 1 is 1.24 bits per heavy atom. The fraction of sp³-hybridized carbons (Fsp3) is 0.560. The molecule has 0 radical (unpaired) electrons. The monoisotopic (exact) mass is 649 g/mol. The quantitative estimate of drug-likeness (QED) is 0.115. The van der Waals surface area contributed by atoms with Gasteiger partial charge in [0.1, 0.15) is 49.1 Å². The van der Waals surface area contributed by atoms with Crippen LogP contribution in [0, 0.1) is 6.92 Å². The zero-order chi connectivity index (χ0) is 32.7. The first-order valence-corrected chi connectivity index (χ1v) is 14.7. The van der Waals surface area contributed by atoms with Gasteiger partial charge in [-0.15, -0.1) is 11.8 Å². The summed E-state index contributed by atoms with van der Waals surface area (Å²) in [7, 11) is 0. The molecule has 20 heteroatoms. The molecule has 4 rings (SSSR count). The van der Waals surface area contributed by atoms with E-state index in [1.165, 1.54) is 48.6 Å². The molecule has 0 spiro atoms. The number of nitrogens with zero attached hydrogens (tertiary/aromatic N) is 6. The van der Waals surface area contributed by atoms with Gasteiger partial charge >= 0.3 is 23.3 Å². The molecule has 0 saturated carbocycles. The second kappa shape index (κ2) is 14.9. The summed E-state index contributed by atoms with van der Waals surface area (Å²) in [6.45, 7) is 2.21. The molecule has 2 aliphatic rings. The van der Waals surface area contributed by atoms with Crippen molar-refractivity contribution in [1.29, 1.82) is 0 Å². The van der Waals surface area contributed by atoms with Gasteiger partial charge in [0.25, 0.3) is 5.56 Å². The SMILES string of the molecule is CC(=O)NC(CCC(=O)OC[C@H]1O[C@@H](n2cc(C)c(=O)[nH]c2=O)C[C@@H]1N=[N+]=[N-])C(=O)OC[C@@H]1O[C@H](n2ccc(N)nc2=O)CS1. The van der Waals surface area contributed by atoms with Crippen LogP contribution in [0.15, 0.2) is 38.0 Å². The number of ether oxygens (including phenoxy) is 4. The summed E-state index contributed by atoms with van der Waals surface area (Å²) < 4.78 is 24.6. The number of carbonyl (C=O) groups excluding carboxylic acids is 3. The lowest BCUT2D eigenvalue weighted by Crippen LogP contribution is -2.42. The highest BCUT2D eigenvalue weighted by Gasteiger charge is 2.37. The molecule has 0 bridgehead atoms. The Morgan fingerprint density at radius 3 is 2.73 bits per heavy atom. The Balaban J connectivity index is 1.27. The number of aromatic amines is 1. The molecule has 2 aromatic heterocycles. The van der Waals surface area contributed by atoms with Gasteiger partial charge in [-0.05, 0) is 24.9 Å². The normalized spacial score (nSPS) is 23.1. The molecule has 45 heavy (non-hydrogen) atoms. The minimum absolute atomic E-state index is 0.0776. The van der Waals surface area contributed by atoms with E-state index in [2.05, 4.69) is 25.3 Å². The number of nitrogens with two attached hydrogens (primary N) is 1. The number of thioether (sulfide) groups is 1. The number of nitrogen functional groups attached to an aromatic ring is 1. The number of amides is 1. The van der Waals surface area contributed by atoms with Crippen molar-refractivity contribution in [2.24, 2.45) is 5.11 Å². The van der Waals surface area contributed by atoms with Gasteiger partial charge in [-0.2, -0.15) is 4.98 Å². The lowest BCUT2D eigenvalue weighted by Gasteiger charge is -2.19. The number of carbonyl (C=O) groups is 3. The van der Waals surface area contributed by atoms with Crippen molar-refractivity contribution in [3.05, 3.63) is 65.8 Å². The summed E-state index contributed by atoms with van der Waals surface area (Å²) in [6, 6.07) is -0.487. The maximum Gasteiger partial charge on any atom is 0.351 e. The Kier molecular flexibility index (Phi) is 11.0. The van der Waals surface area contributed by atoms with E-state index in [-0.39, 0.29) is 43.9 Å². The number of nitrogens with one attached hydrogen (secondary N) is 2. The van der Waals surface area contributed by atoms with E-state index in [0.29, 0.717) is 5.75 Å². The van der Waals surface area contributed by atoms with Gasteiger partial charge in [0.15, 0.2) is 0 Å². The molecule has 1 unspecified atom stereocenters. The molecule has 0 aliphatic carbocycles. The van der Waals surface area contributed by atoms with Crippen LogP contribution in [0.2, 0.25) is 0 Å².